The molecule has 0 aliphatic carbocycles. The van der Waals surface area contributed by atoms with E-state index in [0.717, 1.165) is 70.0 Å². The number of nitrogens with zero attached hydrogens (tertiary/aromatic N) is 2. The molecule has 2 aliphatic rings. The lowest BCUT2D eigenvalue weighted by Gasteiger charge is -2.18. The smallest absolute Gasteiger partial charge is 0.338 e. The minimum absolute atomic E-state index is 0.0320. The molecule has 1 amide bonds. The highest BCUT2D eigenvalue weighted by Crippen LogP contribution is 2.43. The van der Waals surface area contributed by atoms with Gasteiger partial charge in [0.05, 0.1) is 35.3 Å². The Balaban J connectivity index is 1.79. The van der Waals surface area contributed by atoms with Gasteiger partial charge in [0.25, 0.3) is 5.91 Å². The Morgan fingerprint density at radius 2 is 1.57 bits per heavy atom. The summed E-state index contributed by atoms with van der Waals surface area (Å²) >= 11 is 0. The summed E-state index contributed by atoms with van der Waals surface area (Å²) in [4.78, 5) is 57.4. The molecule has 2 atom stereocenters. The number of ether oxygens (including phenoxy) is 1. The van der Waals surface area contributed by atoms with Gasteiger partial charge in [-0.3, -0.25) is 14.6 Å². The van der Waals surface area contributed by atoms with E-state index in [-0.39, 0.29) is 41.1 Å². The summed E-state index contributed by atoms with van der Waals surface area (Å²) in [6, 6.07) is 5.96. The minimum atomic E-state index is -1.17. The Morgan fingerprint density at radius 3 is 2.22 bits per heavy atom. The van der Waals surface area contributed by atoms with Crippen LogP contribution >= 0.6 is 0 Å². The van der Waals surface area contributed by atoms with E-state index in [1.807, 2.05) is 32.1 Å². The number of carbonyl (C=O) groups is 3. The van der Waals surface area contributed by atoms with Crippen molar-refractivity contribution in [3.8, 4) is 0 Å². The van der Waals surface area contributed by atoms with E-state index in [2.05, 4.69) is 48.7 Å². The van der Waals surface area contributed by atoms with Gasteiger partial charge in [0.2, 0.25) is 0 Å². The molecular formula is C44H57N5O5. The normalized spacial score (nSPS) is 15.4. The van der Waals surface area contributed by atoms with E-state index < -0.39 is 11.9 Å². The third-order valence-corrected chi connectivity index (χ3v) is 11.3. The highest BCUT2D eigenvalue weighted by Gasteiger charge is 2.37. The van der Waals surface area contributed by atoms with Gasteiger partial charge < -0.3 is 25.1 Å². The second kappa shape index (κ2) is 17.9. The van der Waals surface area contributed by atoms with Crippen molar-refractivity contribution >= 4 is 57.1 Å². The first-order valence-electron chi connectivity index (χ1n) is 19.6. The van der Waals surface area contributed by atoms with Crippen molar-refractivity contribution in [2.24, 2.45) is 0 Å². The maximum atomic E-state index is 14.5. The van der Waals surface area contributed by atoms with Crippen LogP contribution in [0.5, 0.6) is 0 Å². The molecule has 0 saturated carbocycles. The van der Waals surface area contributed by atoms with E-state index in [0.29, 0.717) is 35.6 Å². The molecular weight excluding hydrogens is 679 g/mol. The van der Waals surface area contributed by atoms with E-state index in [9.17, 15) is 19.5 Å². The summed E-state index contributed by atoms with van der Waals surface area (Å²) in [7, 11) is 1.36. The van der Waals surface area contributed by atoms with E-state index in [1.165, 1.54) is 39.2 Å². The van der Waals surface area contributed by atoms with Crippen LogP contribution in [0.15, 0.2) is 24.8 Å². The number of hydrogen-bond donors (Lipinski definition) is 4. The number of allylic oxidation sites excluding steroid dienone is 1. The fourth-order valence-corrected chi connectivity index (χ4v) is 7.98. The largest absolute Gasteiger partial charge is 0.478 e. The van der Waals surface area contributed by atoms with Crippen LogP contribution < -0.4 is 5.32 Å². The summed E-state index contributed by atoms with van der Waals surface area (Å²) in [5.41, 5.74) is 9.88. The topological polar surface area (TPSA) is 150 Å². The molecule has 0 aromatic carbocycles. The first kappa shape index (κ1) is 40.2. The van der Waals surface area contributed by atoms with Gasteiger partial charge in [-0.1, -0.05) is 78.4 Å². The van der Waals surface area contributed by atoms with E-state index in [1.54, 1.807) is 6.92 Å². The van der Waals surface area contributed by atoms with Crippen LogP contribution in [0.3, 0.4) is 0 Å². The molecule has 5 heterocycles. The van der Waals surface area contributed by atoms with Gasteiger partial charge in [0.1, 0.15) is 0 Å². The lowest BCUT2D eigenvalue weighted by Crippen LogP contribution is -2.27. The van der Waals surface area contributed by atoms with E-state index >= 15 is 0 Å². The third kappa shape index (κ3) is 8.37. The first-order chi connectivity index (χ1) is 25.9. The minimum Gasteiger partial charge on any atom is -0.478 e. The van der Waals surface area contributed by atoms with Gasteiger partial charge in [-0.2, -0.15) is 0 Å². The molecule has 8 bridgehead atoms. The molecule has 0 radical (unpaired) electrons. The molecule has 10 heteroatoms. The number of amides is 1. The fraction of sp³-hybridized carbons (Fsp3) is 0.477. The number of fused-ring (bicyclic) bond motifs is 8. The van der Waals surface area contributed by atoms with Crippen molar-refractivity contribution in [2.45, 2.75) is 124 Å². The molecule has 5 rings (SSSR count). The first-order valence-corrected chi connectivity index (χ1v) is 19.6. The SMILES string of the molecule is C=Cc1c(C)c2cc3nc(c(C(=O)NCCCCCCCCCC)c4nc(cc5[nH]c(cc1[nH]2)c(C)c5CC)C(C)=C4C(=O)O)[C@@H](CCC(=O)OC)[C@@H]3C. The number of aliphatic carboxylic acids is 1. The summed E-state index contributed by atoms with van der Waals surface area (Å²) < 4.78 is 5.01. The lowest BCUT2D eigenvalue weighted by molar-refractivity contribution is -0.140. The Hall–Kier alpha value is -4.99. The number of carbonyl (C=O) groups excluding carboxylic acids is 2. The number of rotatable bonds is 16. The van der Waals surface area contributed by atoms with Gasteiger partial charge in [0.15, 0.2) is 0 Å². The average molecular weight is 736 g/mol. The van der Waals surface area contributed by atoms with Crippen LogP contribution in [0.25, 0.3) is 39.3 Å². The number of carboxylic acids is 1. The van der Waals surface area contributed by atoms with Crippen molar-refractivity contribution in [1.82, 2.24) is 25.3 Å². The van der Waals surface area contributed by atoms with Crippen LogP contribution in [0.2, 0.25) is 0 Å². The maximum absolute atomic E-state index is 14.5. The van der Waals surface area contributed by atoms with Gasteiger partial charge in [-0.25, -0.2) is 9.78 Å². The Labute approximate surface area is 319 Å². The number of hydrogen-bond acceptors (Lipinski definition) is 6. The molecule has 3 aromatic rings. The van der Waals surface area contributed by atoms with Crippen LogP contribution in [0.4, 0.5) is 0 Å². The molecule has 2 aliphatic heterocycles. The quantitative estimate of drug-likeness (QED) is 0.0845. The third-order valence-electron chi connectivity index (χ3n) is 11.3. The zero-order chi connectivity index (χ0) is 39.1. The second-order valence-corrected chi connectivity index (χ2v) is 14.7. The summed E-state index contributed by atoms with van der Waals surface area (Å²) in [6.07, 6.45) is 12.0. The number of H-pyrrole nitrogens is 2. The highest BCUT2D eigenvalue weighted by molar-refractivity contribution is 6.26. The number of aromatic nitrogens is 4. The number of aromatic amines is 2. The highest BCUT2D eigenvalue weighted by atomic mass is 16.5. The van der Waals surface area contributed by atoms with Gasteiger partial charge in [-0.15, -0.1) is 0 Å². The number of aryl methyl sites for hydroxylation is 3. The Kier molecular flexibility index (Phi) is 13.3. The standard InChI is InChI=1S/C44H57N5O5/c1-9-12-13-14-15-16-17-18-21-45-43(51)40-41-31(19-20-38(50)54-8)27(6)34(48-41)22-32-25(4)29(10-2)36(46-32)23-33-26(5)30(11-3)37(47-33)24-35-28(7)39(44(52)53)42(40)49-35/h10,22-24,27,31,46-47H,2,9,11-21H2,1,3-8H3,(H,45,51)(H,52,53)/t27-,31-/m0/s1. The molecule has 0 spiro atoms. The van der Waals surface area contributed by atoms with Crippen molar-refractivity contribution in [1.29, 1.82) is 0 Å². The zero-order valence-electron chi connectivity index (χ0n) is 33.1. The number of nitrogens with one attached hydrogen (secondary N) is 3. The molecule has 10 nitrogen and oxygen atoms in total. The van der Waals surface area contributed by atoms with Gasteiger partial charge in [0, 0.05) is 58.1 Å². The van der Waals surface area contributed by atoms with Crippen LogP contribution in [0.1, 0.15) is 159 Å². The molecule has 0 unspecified atom stereocenters. The van der Waals surface area contributed by atoms with Gasteiger partial charge >= 0.3 is 11.9 Å². The predicted molar refractivity (Wildman–Crippen MR) is 217 cm³/mol. The molecule has 54 heavy (non-hydrogen) atoms. The number of esters is 1. The van der Waals surface area contributed by atoms with Crippen molar-refractivity contribution in [2.75, 3.05) is 13.7 Å². The Bertz CT molecular complexity index is 2120. The number of unbranched alkanes of at least 4 members (excludes halogenated alkanes) is 7. The van der Waals surface area contributed by atoms with Crippen LogP contribution in [-0.2, 0) is 20.7 Å². The number of carboxylic acid groups (broad SMARTS) is 1. The van der Waals surface area contributed by atoms with Crippen molar-refractivity contribution in [3.63, 3.8) is 0 Å². The maximum Gasteiger partial charge on any atom is 0.338 e. The number of methoxy groups -OCH3 is 1. The average Bonchev–Trinajstić information content (AvgIpc) is 3.82. The second-order valence-electron chi connectivity index (χ2n) is 14.7. The van der Waals surface area contributed by atoms with Crippen molar-refractivity contribution in [3.05, 3.63) is 75.4 Å². The summed E-state index contributed by atoms with van der Waals surface area (Å²) in [5, 5.41) is 13.8. The predicted octanol–water partition coefficient (Wildman–Crippen LogP) is 9.86. The Morgan fingerprint density at radius 1 is 0.907 bits per heavy atom. The fourth-order valence-electron chi connectivity index (χ4n) is 7.98. The molecule has 288 valence electrons. The van der Waals surface area contributed by atoms with Crippen LogP contribution in [-0.4, -0.2) is 56.5 Å². The van der Waals surface area contributed by atoms with Gasteiger partial charge in [-0.05, 0) is 80.5 Å². The van der Waals surface area contributed by atoms with Crippen LogP contribution in [0, 0.1) is 13.8 Å². The zero-order valence-corrected chi connectivity index (χ0v) is 33.1. The summed E-state index contributed by atoms with van der Waals surface area (Å²) in [5.74, 6) is -2.57. The lowest BCUT2D eigenvalue weighted by atomic mass is 9.85. The molecule has 3 aromatic heterocycles. The molecule has 0 saturated heterocycles. The summed E-state index contributed by atoms with van der Waals surface area (Å²) in [6.45, 7) is 16.7. The molecule has 4 N–H and O–H groups in total. The van der Waals surface area contributed by atoms with Crippen molar-refractivity contribution < 1.29 is 24.2 Å². The molecule has 0 fully saturated rings. The van der Waals surface area contributed by atoms with E-state index in [4.69, 9.17) is 14.7 Å². The monoisotopic (exact) mass is 735 g/mol.